The van der Waals surface area contributed by atoms with Crippen molar-refractivity contribution in [3.05, 3.63) is 24.3 Å². The minimum absolute atomic E-state index is 0.531. The molecule has 0 heterocycles. The van der Waals surface area contributed by atoms with Gasteiger partial charge in [-0.1, -0.05) is 90.2 Å². The highest BCUT2D eigenvalue weighted by atomic mass is 15.0. The highest BCUT2D eigenvalue weighted by Crippen LogP contribution is 2.24. The summed E-state index contributed by atoms with van der Waals surface area (Å²) in [5.41, 5.74) is 2.51. The Morgan fingerprint density at radius 1 is 0.615 bits per heavy atom. The van der Waals surface area contributed by atoms with Gasteiger partial charge in [-0.15, -0.1) is 0 Å². The maximum atomic E-state index is 3.73. The summed E-state index contributed by atoms with van der Waals surface area (Å²) in [6.45, 7) is 9.18. The van der Waals surface area contributed by atoms with E-state index in [0.29, 0.717) is 12.1 Å². The Morgan fingerprint density at radius 3 is 1.38 bits per heavy atom. The fraction of sp³-hybridized carbons (Fsp3) is 0.750. The van der Waals surface area contributed by atoms with Crippen molar-refractivity contribution >= 4 is 11.4 Å². The minimum atomic E-state index is 0.531. The molecule has 1 rings (SSSR count). The fourth-order valence-corrected chi connectivity index (χ4v) is 3.52. The van der Waals surface area contributed by atoms with E-state index in [0.717, 1.165) is 0 Å². The zero-order valence-electron chi connectivity index (χ0n) is 17.9. The Bertz CT molecular complexity index is 403. The Morgan fingerprint density at radius 2 is 1.00 bits per heavy atom. The van der Waals surface area contributed by atoms with Crippen molar-refractivity contribution in [1.82, 2.24) is 0 Å². The van der Waals surface area contributed by atoms with E-state index in [2.05, 4.69) is 62.6 Å². The van der Waals surface area contributed by atoms with Crippen LogP contribution in [0, 0.1) is 0 Å². The molecule has 2 heteroatoms. The average Bonchev–Trinajstić information content (AvgIpc) is 2.63. The minimum Gasteiger partial charge on any atom is -0.381 e. The molecule has 150 valence electrons. The largest absolute Gasteiger partial charge is 0.381 e. The molecule has 2 nitrogen and oxygen atoms in total. The first-order valence-electron chi connectivity index (χ1n) is 11.3. The van der Waals surface area contributed by atoms with E-state index in [1.165, 1.54) is 88.4 Å². The molecule has 0 amide bonds. The normalized spacial score (nSPS) is 13.4. The lowest BCUT2D eigenvalue weighted by Crippen LogP contribution is -2.19. The van der Waals surface area contributed by atoms with Crippen molar-refractivity contribution in [3.63, 3.8) is 0 Å². The molecule has 0 aliphatic rings. The van der Waals surface area contributed by atoms with Gasteiger partial charge in [-0.3, -0.25) is 0 Å². The quantitative estimate of drug-likeness (QED) is 0.292. The van der Waals surface area contributed by atoms with E-state index >= 15 is 0 Å². The number of hydrogen-bond acceptors (Lipinski definition) is 2. The van der Waals surface area contributed by atoms with Gasteiger partial charge in [0.1, 0.15) is 0 Å². The zero-order chi connectivity index (χ0) is 19.0. The SMILES string of the molecule is CCCCCCCC(C)Nc1ccccc1NC(C)CCCCCCC. The molecule has 0 aromatic heterocycles. The van der Waals surface area contributed by atoms with Crippen molar-refractivity contribution in [2.24, 2.45) is 0 Å². The van der Waals surface area contributed by atoms with Gasteiger partial charge in [-0.2, -0.15) is 0 Å². The van der Waals surface area contributed by atoms with Gasteiger partial charge in [0.05, 0.1) is 11.4 Å². The lowest BCUT2D eigenvalue weighted by molar-refractivity contribution is 0.576. The van der Waals surface area contributed by atoms with E-state index in [4.69, 9.17) is 0 Å². The van der Waals surface area contributed by atoms with E-state index in [9.17, 15) is 0 Å². The standard InChI is InChI=1S/C24H44N2/c1-5-7-9-11-13-17-21(3)25-23-19-15-16-20-24(23)26-22(4)18-14-12-10-8-6-2/h15-16,19-22,25-26H,5-14,17-18H2,1-4H3. The van der Waals surface area contributed by atoms with Gasteiger partial charge in [0.25, 0.3) is 0 Å². The summed E-state index contributed by atoms with van der Waals surface area (Å²) in [5, 5.41) is 7.46. The third kappa shape index (κ3) is 10.7. The van der Waals surface area contributed by atoms with Crippen LogP contribution in [-0.2, 0) is 0 Å². The molecule has 1 aromatic rings. The van der Waals surface area contributed by atoms with Crippen LogP contribution in [0.15, 0.2) is 24.3 Å². The number of benzene rings is 1. The molecule has 1 aromatic carbocycles. The number of anilines is 2. The fourth-order valence-electron chi connectivity index (χ4n) is 3.52. The van der Waals surface area contributed by atoms with Gasteiger partial charge in [-0.25, -0.2) is 0 Å². The predicted octanol–water partition coefficient (Wildman–Crippen LogP) is 8.01. The molecule has 26 heavy (non-hydrogen) atoms. The Kier molecular flexibility index (Phi) is 13.1. The van der Waals surface area contributed by atoms with Crippen LogP contribution < -0.4 is 10.6 Å². The topological polar surface area (TPSA) is 24.1 Å². The molecule has 0 saturated heterocycles. The van der Waals surface area contributed by atoms with Gasteiger partial charge in [0, 0.05) is 12.1 Å². The summed E-state index contributed by atoms with van der Waals surface area (Å²) in [7, 11) is 0. The van der Waals surface area contributed by atoms with Crippen molar-refractivity contribution in [3.8, 4) is 0 Å². The molecule has 0 spiro atoms. The predicted molar refractivity (Wildman–Crippen MR) is 119 cm³/mol. The molecule has 0 saturated carbocycles. The number of nitrogens with one attached hydrogen (secondary N) is 2. The second-order valence-corrected chi connectivity index (χ2v) is 8.04. The number of hydrogen-bond donors (Lipinski definition) is 2. The van der Waals surface area contributed by atoms with Crippen molar-refractivity contribution < 1.29 is 0 Å². The Balaban J connectivity index is 2.36. The molecule has 0 bridgehead atoms. The number of unbranched alkanes of at least 4 members (excludes halogenated alkanes) is 8. The second kappa shape index (κ2) is 14.9. The Labute approximate surface area is 163 Å². The third-order valence-corrected chi connectivity index (χ3v) is 5.21. The molecule has 0 aliphatic carbocycles. The first-order chi connectivity index (χ1) is 12.7. The molecule has 2 atom stereocenters. The van der Waals surface area contributed by atoms with Crippen LogP contribution in [0.5, 0.6) is 0 Å². The first-order valence-corrected chi connectivity index (χ1v) is 11.3. The lowest BCUT2D eigenvalue weighted by atomic mass is 10.1. The van der Waals surface area contributed by atoms with Crippen LogP contribution >= 0.6 is 0 Å². The van der Waals surface area contributed by atoms with Crippen LogP contribution in [-0.4, -0.2) is 12.1 Å². The molecule has 2 N–H and O–H groups in total. The van der Waals surface area contributed by atoms with Gasteiger partial charge >= 0.3 is 0 Å². The summed E-state index contributed by atoms with van der Waals surface area (Å²) >= 11 is 0. The third-order valence-electron chi connectivity index (χ3n) is 5.21. The smallest absolute Gasteiger partial charge is 0.0578 e. The first kappa shape index (κ1) is 22.9. The molecule has 0 radical (unpaired) electrons. The maximum Gasteiger partial charge on any atom is 0.0578 e. The monoisotopic (exact) mass is 360 g/mol. The maximum absolute atomic E-state index is 3.73. The van der Waals surface area contributed by atoms with Crippen LogP contribution in [0.25, 0.3) is 0 Å². The van der Waals surface area contributed by atoms with Gasteiger partial charge in [0.15, 0.2) is 0 Å². The van der Waals surface area contributed by atoms with Crippen LogP contribution in [0.3, 0.4) is 0 Å². The highest BCUT2D eigenvalue weighted by molar-refractivity contribution is 5.69. The van der Waals surface area contributed by atoms with Crippen molar-refractivity contribution in [2.45, 2.75) is 117 Å². The van der Waals surface area contributed by atoms with E-state index in [1.54, 1.807) is 0 Å². The lowest BCUT2D eigenvalue weighted by Gasteiger charge is -2.22. The average molecular weight is 361 g/mol. The van der Waals surface area contributed by atoms with Crippen LogP contribution in [0.1, 0.15) is 105 Å². The number of para-hydroxylation sites is 2. The highest BCUT2D eigenvalue weighted by Gasteiger charge is 2.08. The molecule has 0 aliphatic heterocycles. The van der Waals surface area contributed by atoms with Crippen LogP contribution in [0.2, 0.25) is 0 Å². The summed E-state index contributed by atoms with van der Waals surface area (Å²) in [6.07, 6.45) is 16.1. The zero-order valence-corrected chi connectivity index (χ0v) is 17.9. The second-order valence-electron chi connectivity index (χ2n) is 8.04. The molecular formula is C24H44N2. The molecular weight excluding hydrogens is 316 g/mol. The molecule has 0 fully saturated rings. The van der Waals surface area contributed by atoms with Crippen LogP contribution in [0.4, 0.5) is 11.4 Å². The summed E-state index contributed by atoms with van der Waals surface area (Å²) in [6, 6.07) is 9.76. The van der Waals surface area contributed by atoms with Crippen molar-refractivity contribution in [1.29, 1.82) is 0 Å². The number of rotatable bonds is 16. The van der Waals surface area contributed by atoms with Crippen molar-refractivity contribution in [2.75, 3.05) is 10.6 Å². The summed E-state index contributed by atoms with van der Waals surface area (Å²) in [5.74, 6) is 0. The van der Waals surface area contributed by atoms with E-state index in [-0.39, 0.29) is 0 Å². The van der Waals surface area contributed by atoms with Gasteiger partial charge in [-0.05, 0) is 38.8 Å². The summed E-state index contributed by atoms with van der Waals surface area (Å²) in [4.78, 5) is 0. The molecule has 2 unspecified atom stereocenters. The van der Waals surface area contributed by atoms with E-state index < -0.39 is 0 Å². The Hall–Kier alpha value is -1.18. The summed E-state index contributed by atoms with van der Waals surface area (Å²) < 4.78 is 0. The van der Waals surface area contributed by atoms with Gasteiger partial charge < -0.3 is 10.6 Å². The van der Waals surface area contributed by atoms with E-state index in [1.807, 2.05) is 0 Å². The van der Waals surface area contributed by atoms with Gasteiger partial charge in [0.2, 0.25) is 0 Å².